The van der Waals surface area contributed by atoms with E-state index in [0.29, 0.717) is 24.6 Å². The summed E-state index contributed by atoms with van der Waals surface area (Å²) in [5.74, 6) is 0.0298. The van der Waals surface area contributed by atoms with Gasteiger partial charge in [0.15, 0.2) is 0 Å². The molecule has 0 bridgehead atoms. The molecule has 0 radical (unpaired) electrons. The average molecular weight is 320 g/mol. The van der Waals surface area contributed by atoms with Crippen molar-refractivity contribution in [1.29, 1.82) is 0 Å². The summed E-state index contributed by atoms with van der Waals surface area (Å²) < 4.78 is 11.0. The quantitative estimate of drug-likeness (QED) is 0.569. The smallest absolute Gasteiger partial charge is 0.315 e. The van der Waals surface area contributed by atoms with Crippen molar-refractivity contribution in [2.24, 2.45) is 11.8 Å². The number of rotatable bonds is 10. The van der Waals surface area contributed by atoms with E-state index < -0.39 is 16.8 Å². The lowest BCUT2D eigenvalue weighted by molar-refractivity contribution is -0.138. The first-order chi connectivity index (χ1) is 9.70. The fourth-order valence-electron chi connectivity index (χ4n) is 2.08. The Morgan fingerprint density at radius 1 is 1.24 bits per heavy atom. The summed E-state index contributed by atoms with van der Waals surface area (Å²) in [6.45, 7) is 6.27. The number of hydrogen-bond donors (Lipinski definition) is 3. The molecular weight excluding hydrogens is 292 g/mol. The van der Waals surface area contributed by atoms with E-state index in [1.54, 1.807) is 6.26 Å². The molecule has 0 aromatic carbocycles. The molecule has 0 saturated heterocycles. The second-order valence-electron chi connectivity index (χ2n) is 5.91. The van der Waals surface area contributed by atoms with Crippen molar-refractivity contribution in [3.8, 4) is 0 Å². The van der Waals surface area contributed by atoms with Crippen molar-refractivity contribution in [2.45, 2.75) is 46.1 Å². The number of carboxylic acid groups (broad SMARTS) is 1. The molecule has 0 aliphatic carbocycles. The van der Waals surface area contributed by atoms with Gasteiger partial charge in [0.25, 0.3) is 0 Å². The standard InChI is InChI=1S/C14H28N2O4S/c1-10(2)7-12(8-13(17)18)9-15-14(19)16-11(3)5-6-21(4)20/h10-12H,5-9H2,1-4H3,(H,17,18)(H2,15,16,19). The minimum absolute atomic E-state index is 0.0584. The number of carbonyl (C=O) groups is 2. The molecule has 6 nitrogen and oxygen atoms in total. The lowest BCUT2D eigenvalue weighted by Crippen LogP contribution is -2.43. The monoisotopic (exact) mass is 320 g/mol. The molecule has 124 valence electrons. The fraction of sp³-hybridized carbons (Fsp3) is 0.857. The molecule has 3 unspecified atom stereocenters. The van der Waals surface area contributed by atoms with Crippen LogP contribution in [0.1, 0.15) is 40.0 Å². The van der Waals surface area contributed by atoms with Gasteiger partial charge in [-0.1, -0.05) is 13.8 Å². The van der Waals surface area contributed by atoms with Crippen LogP contribution < -0.4 is 10.6 Å². The van der Waals surface area contributed by atoms with Crippen molar-refractivity contribution in [1.82, 2.24) is 10.6 Å². The topological polar surface area (TPSA) is 95.5 Å². The van der Waals surface area contributed by atoms with Gasteiger partial charge >= 0.3 is 12.0 Å². The maximum atomic E-state index is 11.7. The molecule has 0 aliphatic heterocycles. The second-order valence-corrected chi connectivity index (χ2v) is 7.47. The molecule has 2 amide bonds. The lowest BCUT2D eigenvalue weighted by Gasteiger charge is -2.19. The van der Waals surface area contributed by atoms with Crippen LogP contribution in [0.15, 0.2) is 0 Å². The highest BCUT2D eigenvalue weighted by Crippen LogP contribution is 2.14. The van der Waals surface area contributed by atoms with Gasteiger partial charge in [0, 0.05) is 41.8 Å². The van der Waals surface area contributed by atoms with E-state index >= 15 is 0 Å². The fourth-order valence-corrected chi connectivity index (χ4v) is 2.76. The Bertz CT molecular complexity index is 361. The Kier molecular flexibility index (Phi) is 10.0. The van der Waals surface area contributed by atoms with E-state index in [1.165, 1.54) is 0 Å². The SMILES string of the molecule is CC(C)CC(CNC(=O)NC(C)CCS(C)=O)CC(=O)O. The molecule has 21 heavy (non-hydrogen) atoms. The highest BCUT2D eigenvalue weighted by molar-refractivity contribution is 7.84. The zero-order valence-corrected chi connectivity index (χ0v) is 14.2. The van der Waals surface area contributed by atoms with Crippen molar-refractivity contribution < 1.29 is 18.9 Å². The third-order valence-electron chi connectivity index (χ3n) is 3.04. The van der Waals surface area contributed by atoms with Crippen LogP contribution in [0.3, 0.4) is 0 Å². The highest BCUT2D eigenvalue weighted by Gasteiger charge is 2.16. The van der Waals surface area contributed by atoms with E-state index in [2.05, 4.69) is 10.6 Å². The first-order valence-electron chi connectivity index (χ1n) is 7.26. The van der Waals surface area contributed by atoms with Gasteiger partial charge in [-0.15, -0.1) is 0 Å². The van der Waals surface area contributed by atoms with Gasteiger partial charge in [-0.25, -0.2) is 4.79 Å². The van der Waals surface area contributed by atoms with Crippen molar-refractivity contribution in [2.75, 3.05) is 18.6 Å². The third kappa shape index (κ3) is 12.3. The third-order valence-corrected chi connectivity index (χ3v) is 3.85. The normalized spacial score (nSPS) is 15.3. The average Bonchev–Trinajstić information content (AvgIpc) is 2.32. The van der Waals surface area contributed by atoms with Gasteiger partial charge in [0.1, 0.15) is 0 Å². The molecular formula is C14H28N2O4S. The first-order valence-corrected chi connectivity index (χ1v) is 8.99. The Morgan fingerprint density at radius 3 is 2.33 bits per heavy atom. The van der Waals surface area contributed by atoms with Gasteiger partial charge in [-0.2, -0.15) is 0 Å². The van der Waals surface area contributed by atoms with Gasteiger partial charge in [-0.05, 0) is 31.6 Å². The molecule has 3 atom stereocenters. The summed E-state index contributed by atoms with van der Waals surface area (Å²) in [6, 6.07) is -0.361. The van der Waals surface area contributed by atoms with Crippen LogP contribution in [0.5, 0.6) is 0 Å². The molecule has 0 saturated carbocycles. The number of hydrogen-bond acceptors (Lipinski definition) is 3. The Balaban J connectivity index is 4.11. The Labute approximate surface area is 129 Å². The maximum Gasteiger partial charge on any atom is 0.315 e. The number of aliphatic carboxylic acids is 1. The molecule has 0 spiro atoms. The first kappa shape index (κ1) is 19.9. The number of urea groups is 1. The molecule has 3 N–H and O–H groups in total. The number of amides is 2. The highest BCUT2D eigenvalue weighted by atomic mass is 32.2. The Morgan fingerprint density at radius 2 is 1.86 bits per heavy atom. The molecule has 0 rings (SSSR count). The van der Waals surface area contributed by atoms with E-state index in [9.17, 15) is 13.8 Å². The summed E-state index contributed by atoms with van der Waals surface area (Å²) in [7, 11) is -0.862. The molecule has 0 fully saturated rings. The predicted octanol–water partition coefficient (Wildman–Crippen LogP) is 1.58. The van der Waals surface area contributed by atoms with Crippen LogP contribution in [0.25, 0.3) is 0 Å². The molecule has 0 aliphatic rings. The summed E-state index contributed by atoms with van der Waals surface area (Å²) in [6.07, 6.45) is 3.11. The number of carbonyl (C=O) groups excluding carboxylic acids is 1. The zero-order valence-electron chi connectivity index (χ0n) is 13.3. The molecule has 0 aromatic heterocycles. The van der Waals surface area contributed by atoms with Gasteiger partial charge in [0.2, 0.25) is 0 Å². The van der Waals surface area contributed by atoms with E-state index in [1.807, 2.05) is 20.8 Å². The summed E-state index contributed by atoms with van der Waals surface area (Å²) >= 11 is 0. The predicted molar refractivity (Wildman–Crippen MR) is 84.7 cm³/mol. The summed E-state index contributed by atoms with van der Waals surface area (Å²) in [4.78, 5) is 22.5. The lowest BCUT2D eigenvalue weighted by atomic mass is 9.94. The van der Waals surface area contributed by atoms with Gasteiger partial charge in [0.05, 0.1) is 0 Å². The van der Waals surface area contributed by atoms with Crippen LogP contribution >= 0.6 is 0 Å². The number of nitrogens with one attached hydrogen (secondary N) is 2. The van der Waals surface area contributed by atoms with Crippen molar-refractivity contribution >= 4 is 22.8 Å². The van der Waals surface area contributed by atoms with Crippen molar-refractivity contribution in [3.05, 3.63) is 0 Å². The van der Waals surface area contributed by atoms with Gasteiger partial charge in [-0.3, -0.25) is 9.00 Å². The second kappa shape index (κ2) is 10.6. The maximum absolute atomic E-state index is 11.7. The van der Waals surface area contributed by atoms with E-state index in [-0.39, 0.29) is 24.4 Å². The van der Waals surface area contributed by atoms with E-state index in [4.69, 9.17) is 5.11 Å². The van der Waals surface area contributed by atoms with E-state index in [0.717, 1.165) is 6.42 Å². The minimum atomic E-state index is -0.862. The van der Waals surface area contributed by atoms with Gasteiger partial charge < -0.3 is 15.7 Å². The Hall–Kier alpha value is -1.11. The van der Waals surface area contributed by atoms with Crippen LogP contribution in [0.4, 0.5) is 4.79 Å². The minimum Gasteiger partial charge on any atom is -0.481 e. The molecule has 0 aromatic rings. The number of carboxylic acids is 1. The van der Waals surface area contributed by atoms with Crippen LogP contribution in [-0.2, 0) is 15.6 Å². The largest absolute Gasteiger partial charge is 0.481 e. The summed E-state index contributed by atoms with van der Waals surface area (Å²) in [5.41, 5.74) is 0. The molecule has 7 heteroatoms. The zero-order chi connectivity index (χ0) is 16.4. The summed E-state index contributed by atoms with van der Waals surface area (Å²) in [5, 5.41) is 14.4. The van der Waals surface area contributed by atoms with Crippen LogP contribution in [0.2, 0.25) is 0 Å². The van der Waals surface area contributed by atoms with Crippen LogP contribution in [0, 0.1) is 11.8 Å². The van der Waals surface area contributed by atoms with Crippen LogP contribution in [-0.4, -0.2) is 45.9 Å². The molecule has 0 heterocycles. The van der Waals surface area contributed by atoms with Crippen molar-refractivity contribution in [3.63, 3.8) is 0 Å².